The second kappa shape index (κ2) is 8.72. The molecule has 0 spiro atoms. The van der Waals surface area contributed by atoms with E-state index in [1.165, 1.54) is 19.3 Å². The Morgan fingerprint density at radius 2 is 2.00 bits per heavy atom. The highest BCUT2D eigenvalue weighted by Crippen LogP contribution is 2.33. The van der Waals surface area contributed by atoms with Gasteiger partial charge in [0.25, 0.3) is 0 Å². The Kier molecular flexibility index (Phi) is 7.11. The van der Waals surface area contributed by atoms with E-state index in [1.807, 2.05) is 6.07 Å². The van der Waals surface area contributed by atoms with Gasteiger partial charge in [0, 0.05) is 11.7 Å². The summed E-state index contributed by atoms with van der Waals surface area (Å²) in [5.74, 6) is 0.602. The number of nitrogens with one attached hydrogen (secondary N) is 2. The number of hydrogen-bond donors (Lipinski definition) is 2. The molecule has 7 heteroatoms. The molecule has 1 aromatic rings. The SMILES string of the molecule is CC(C)S(=O)(=O)Cc1cccc(NC(=O)C2CC3CCCCC3N2)c1.Cl. The number of rotatable bonds is 5. The first-order chi connectivity index (χ1) is 11.8. The third-order valence-electron chi connectivity index (χ3n) is 5.46. The molecule has 0 radical (unpaired) electrons. The largest absolute Gasteiger partial charge is 0.325 e. The van der Waals surface area contributed by atoms with E-state index in [0.29, 0.717) is 23.2 Å². The molecule has 1 saturated carbocycles. The van der Waals surface area contributed by atoms with E-state index < -0.39 is 15.1 Å². The maximum atomic E-state index is 12.6. The van der Waals surface area contributed by atoms with Gasteiger partial charge in [-0.15, -0.1) is 12.4 Å². The first-order valence-corrected chi connectivity index (χ1v) is 10.9. The Morgan fingerprint density at radius 3 is 2.69 bits per heavy atom. The van der Waals surface area contributed by atoms with Crippen molar-refractivity contribution >= 4 is 33.8 Å². The van der Waals surface area contributed by atoms with Crippen molar-refractivity contribution < 1.29 is 13.2 Å². The molecule has 1 amide bonds. The molecular formula is C19H29ClN2O3S. The fraction of sp³-hybridized carbons (Fsp3) is 0.632. The summed E-state index contributed by atoms with van der Waals surface area (Å²) in [6.07, 6.45) is 5.79. The summed E-state index contributed by atoms with van der Waals surface area (Å²) in [5, 5.41) is 6.02. The van der Waals surface area contributed by atoms with Gasteiger partial charge in [0.05, 0.1) is 17.0 Å². The third-order valence-corrected chi connectivity index (χ3v) is 7.63. The van der Waals surface area contributed by atoms with Crippen LogP contribution in [0.4, 0.5) is 5.69 Å². The van der Waals surface area contributed by atoms with Gasteiger partial charge in [0.1, 0.15) is 0 Å². The Bertz CT molecular complexity index is 722. The van der Waals surface area contributed by atoms with Crippen LogP contribution in [0, 0.1) is 5.92 Å². The van der Waals surface area contributed by atoms with E-state index >= 15 is 0 Å². The second-order valence-electron chi connectivity index (χ2n) is 7.65. The summed E-state index contributed by atoms with van der Waals surface area (Å²) in [6, 6.07) is 7.49. The van der Waals surface area contributed by atoms with E-state index in [1.54, 1.807) is 32.0 Å². The molecular weight excluding hydrogens is 372 g/mol. The number of carbonyl (C=O) groups is 1. The predicted octanol–water partition coefficient (Wildman–Crippen LogP) is 3.29. The monoisotopic (exact) mass is 400 g/mol. The molecule has 1 aromatic carbocycles. The van der Waals surface area contributed by atoms with Gasteiger partial charge >= 0.3 is 0 Å². The smallest absolute Gasteiger partial charge is 0.241 e. The van der Waals surface area contributed by atoms with E-state index in [9.17, 15) is 13.2 Å². The Morgan fingerprint density at radius 1 is 1.27 bits per heavy atom. The Labute approximate surface area is 162 Å². The topological polar surface area (TPSA) is 75.3 Å². The lowest BCUT2D eigenvalue weighted by atomic mass is 9.85. The maximum Gasteiger partial charge on any atom is 0.241 e. The number of halogens is 1. The van der Waals surface area contributed by atoms with Crippen LogP contribution >= 0.6 is 12.4 Å². The summed E-state index contributed by atoms with van der Waals surface area (Å²) in [6.45, 7) is 3.37. The Hall–Kier alpha value is -1.11. The van der Waals surface area contributed by atoms with Crippen LogP contribution in [0.25, 0.3) is 0 Å². The lowest BCUT2D eigenvalue weighted by molar-refractivity contribution is -0.117. The minimum Gasteiger partial charge on any atom is -0.325 e. The van der Waals surface area contributed by atoms with Gasteiger partial charge in [-0.25, -0.2) is 8.42 Å². The standard InChI is InChI=1S/C19H28N2O3S.ClH/c1-13(2)25(23,24)12-14-6-5-8-16(10-14)20-19(22)18-11-15-7-3-4-9-17(15)21-18;/h5-6,8,10,13,15,17-18,21H,3-4,7,9,11-12H2,1-2H3,(H,20,22);1H. The quantitative estimate of drug-likeness (QED) is 0.795. The zero-order chi connectivity index (χ0) is 18.0. The lowest BCUT2D eigenvalue weighted by Gasteiger charge is -2.24. The minimum absolute atomic E-state index is 0. The van der Waals surface area contributed by atoms with E-state index in [-0.39, 0.29) is 30.1 Å². The number of fused-ring (bicyclic) bond motifs is 1. The van der Waals surface area contributed by atoms with Gasteiger partial charge in [-0.2, -0.15) is 0 Å². The predicted molar refractivity (Wildman–Crippen MR) is 107 cm³/mol. The minimum atomic E-state index is -3.15. The van der Waals surface area contributed by atoms with E-state index in [2.05, 4.69) is 10.6 Å². The van der Waals surface area contributed by atoms with Crippen LogP contribution in [0.5, 0.6) is 0 Å². The van der Waals surface area contributed by atoms with Gasteiger partial charge in [0.2, 0.25) is 5.91 Å². The van der Waals surface area contributed by atoms with E-state index in [0.717, 1.165) is 12.8 Å². The van der Waals surface area contributed by atoms with Crippen molar-refractivity contribution in [1.82, 2.24) is 5.32 Å². The van der Waals surface area contributed by atoms with Crippen LogP contribution in [-0.2, 0) is 20.4 Å². The van der Waals surface area contributed by atoms with Crippen molar-refractivity contribution in [3.63, 3.8) is 0 Å². The maximum absolute atomic E-state index is 12.6. The fourth-order valence-corrected chi connectivity index (χ4v) is 4.87. The van der Waals surface area contributed by atoms with Crippen LogP contribution in [0.2, 0.25) is 0 Å². The van der Waals surface area contributed by atoms with Gasteiger partial charge in [-0.1, -0.05) is 25.0 Å². The average Bonchev–Trinajstić information content (AvgIpc) is 2.99. The fourth-order valence-electron chi connectivity index (χ4n) is 3.89. The summed E-state index contributed by atoms with van der Waals surface area (Å²) < 4.78 is 24.2. The molecule has 1 saturated heterocycles. The molecule has 2 N–H and O–H groups in total. The number of hydrogen-bond acceptors (Lipinski definition) is 4. The molecule has 2 aliphatic rings. The zero-order valence-corrected chi connectivity index (χ0v) is 17.0. The first-order valence-electron chi connectivity index (χ1n) is 9.22. The van der Waals surface area contributed by atoms with Crippen molar-refractivity contribution in [2.75, 3.05) is 5.32 Å². The third kappa shape index (κ3) is 4.99. The second-order valence-corrected chi connectivity index (χ2v) is 10.2. The average molecular weight is 401 g/mol. The summed E-state index contributed by atoms with van der Waals surface area (Å²) in [7, 11) is -3.15. The highest BCUT2D eigenvalue weighted by Gasteiger charge is 2.38. The van der Waals surface area contributed by atoms with Gasteiger partial charge < -0.3 is 10.6 Å². The molecule has 5 nitrogen and oxygen atoms in total. The molecule has 1 aliphatic carbocycles. The molecule has 2 fully saturated rings. The van der Waals surface area contributed by atoms with Crippen LogP contribution in [0.1, 0.15) is 51.5 Å². The van der Waals surface area contributed by atoms with Gasteiger partial charge in [-0.05, 0) is 56.7 Å². The normalized spacial score (nSPS) is 25.4. The summed E-state index contributed by atoms with van der Waals surface area (Å²) in [5.41, 5.74) is 1.37. The number of carbonyl (C=O) groups excluding carboxylic acids is 1. The van der Waals surface area contributed by atoms with Crippen molar-refractivity contribution in [3.8, 4) is 0 Å². The van der Waals surface area contributed by atoms with E-state index in [4.69, 9.17) is 0 Å². The molecule has 3 atom stereocenters. The summed E-state index contributed by atoms with van der Waals surface area (Å²) >= 11 is 0. The highest BCUT2D eigenvalue weighted by atomic mass is 35.5. The molecule has 1 heterocycles. The number of benzene rings is 1. The number of sulfone groups is 1. The van der Waals surface area contributed by atoms with Crippen LogP contribution in [0.3, 0.4) is 0 Å². The van der Waals surface area contributed by atoms with Crippen molar-refractivity contribution in [1.29, 1.82) is 0 Å². The molecule has 1 aliphatic heterocycles. The van der Waals surface area contributed by atoms with Crippen LogP contribution < -0.4 is 10.6 Å². The van der Waals surface area contributed by atoms with Crippen LogP contribution in [-0.4, -0.2) is 31.7 Å². The first kappa shape index (κ1) is 21.2. The van der Waals surface area contributed by atoms with Crippen LogP contribution in [0.15, 0.2) is 24.3 Å². The molecule has 3 unspecified atom stereocenters. The lowest BCUT2D eigenvalue weighted by Crippen LogP contribution is -2.39. The highest BCUT2D eigenvalue weighted by molar-refractivity contribution is 7.91. The van der Waals surface area contributed by atoms with Crippen molar-refractivity contribution in [2.24, 2.45) is 5.92 Å². The Balaban J connectivity index is 0.00000243. The number of anilines is 1. The van der Waals surface area contributed by atoms with Gasteiger partial charge in [0.15, 0.2) is 9.84 Å². The van der Waals surface area contributed by atoms with Crippen molar-refractivity contribution in [2.45, 2.75) is 69.0 Å². The molecule has 3 rings (SSSR count). The summed E-state index contributed by atoms with van der Waals surface area (Å²) in [4.78, 5) is 12.6. The molecule has 146 valence electrons. The van der Waals surface area contributed by atoms with Gasteiger partial charge in [-0.3, -0.25) is 4.79 Å². The molecule has 26 heavy (non-hydrogen) atoms. The molecule has 0 aromatic heterocycles. The zero-order valence-electron chi connectivity index (χ0n) is 15.4. The number of amides is 1. The van der Waals surface area contributed by atoms with Crippen molar-refractivity contribution in [3.05, 3.63) is 29.8 Å². The molecule has 0 bridgehead atoms.